The van der Waals surface area contributed by atoms with Crippen LogP contribution in [-0.4, -0.2) is 47.7 Å². The summed E-state index contributed by atoms with van der Waals surface area (Å²) in [6, 6.07) is 7.60. The fourth-order valence-corrected chi connectivity index (χ4v) is 5.88. The highest BCUT2D eigenvalue weighted by Gasteiger charge is 2.41. The zero-order chi connectivity index (χ0) is 24.7. The average Bonchev–Trinajstić information content (AvgIpc) is 3.42. The van der Waals surface area contributed by atoms with Gasteiger partial charge in [-0.25, -0.2) is 14.4 Å². The van der Waals surface area contributed by atoms with E-state index in [0.717, 1.165) is 11.8 Å². The largest absolute Gasteiger partial charge is 0.493 e. The minimum atomic E-state index is -0.558. The van der Waals surface area contributed by atoms with Crippen molar-refractivity contribution in [2.75, 3.05) is 32.1 Å². The molecule has 9 heteroatoms. The summed E-state index contributed by atoms with van der Waals surface area (Å²) < 4.78 is 27.0. The van der Waals surface area contributed by atoms with Crippen molar-refractivity contribution >= 4 is 49.9 Å². The van der Waals surface area contributed by atoms with E-state index in [1.165, 1.54) is 32.3 Å². The van der Waals surface area contributed by atoms with Crippen molar-refractivity contribution in [3.05, 3.63) is 45.9 Å². The van der Waals surface area contributed by atoms with E-state index in [0.29, 0.717) is 51.3 Å². The van der Waals surface area contributed by atoms with Crippen molar-refractivity contribution in [1.82, 2.24) is 14.9 Å². The molecule has 186 valence electrons. The number of nitrogens with zero attached hydrogens (tertiary/aromatic N) is 3. The number of nitrogens with one attached hydrogen (secondary N) is 1. The van der Waals surface area contributed by atoms with Crippen LogP contribution in [0.2, 0.25) is 5.02 Å². The van der Waals surface area contributed by atoms with Gasteiger partial charge in [0.25, 0.3) is 0 Å². The number of halogens is 3. The third-order valence-electron chi connectivity index (χ3n) is 7.29. The molecule has 2 heterocycles. The molecule has 1 saturated heterocycles. The van der Waals surface area contributed by atoms with Crippen molar-refractivity contribution in [2.24, 2.45) is 17.8 Å². The van der Waals surface area contributed by atoms with Crippen LogP contribution >= 0.6 is 27.5 Å². The number of anilines is 2. The Kier molecular flexibility index (Phi) is 7.06. The Morgan fingerprint density at radius 1 is 1.17 bits per heavy atom. The maximum atomic E-state index is 14.6. The first kappa shape index (κ1) is 24.5. The molecule has 1 aromatic heterocycles. The van der Waals surface area contributed by atoms with Gasteiger partial charge in [-0.3, -0.25) is 0 Å². The summed E-state index contributed by atoms with van der Waals surface area (Å²) in [4.78, 5) is 11.3. The number of rotatable bonds is 7. The minimum absolute atomic E-state index is 0.00888. The molecule has 2 aromatic carbocycles. The van der Waals surface area contributed by atoms with E-state index >= 15 is 0 Å². The highest BCUT2D eigenvalue weighted by molar-refractivity contribution is 9.10. The third kappa shape index (κ3) is 4.93. The molecule has 1 saturated carbocycles. The fourth-order valence-electron chi connectivity index (χ4n) is 5.41. The second-order valence-corrected chi connectivity index (χ2v) is 11.0. The summed E-state index contributed by atoms with van der Waals surface area (Å²) in [6.07, 6.45) is 3.86. The highest BCUT2D eigenvalue weighted by Crippen LogP contribution is 2.43. The Labute approximate surface area is 218 Å². The predicted octanol–water partition coefficient (Wildman–Crippen LogP) is 6.68. The topological polar surface area (TPSA) is 59.5 Å². The van der Waals surface area contributed by atoms with Crippen LogP contribution in [0.15, 0.2) is 35.1 Å². The molecular weight excluding hydrogens is 535 g/mol. The molecule has 0 bridgehead atoms. The number of hydrogen-bond donors (Lipinski definition) is 1. The Bertz CT molecular complexity index is 1230. The Hall–Kier alpha value is -2.16. The van der Waals surface area contributed by atoms with Gasteiger partial charge in [0.1, 0.15) is 12.1 Å². The Morgan fingerprint density at radius 2 is 1.91 bits per heavy atom. The highest BCUT2D eigenvalue weighted by atomic mass is 79.9. The van der Waals surface area contributed by atoms with Gasteiger partial charge in [-0.1, -0.05) is 11.6 Å². The lowest BCUT2D eigenvalue weighted by Gasteiger charge is -2.22. The zero-order valence-corrected chi connectivity index (χ0v) is 22.4. The third-order valence-corrected chi connectivity index (χ3v) is 8.55. The number of methoxy groups -OCH3 is 1. The van der Waals surface area contributed by atoms with Crippen LogP contribution in [0.25, 0.3) is 10.9 Å². The van der Waals surface area contributed by atoms with E-state index < -0.39 is 5.82 Å². The van der Waals surface area contributed by atoms with Crippen LogP contribution in [0.5, 0.6) is 11.5 Å². The normalized spacial score (nSPS) is 22.1. The maximum Gasteiger partial charge on any atom is 0.166 e. The molecule has 5 rings (SSSR count). The Morgan fingerprint density at radius 3 is 2.60 bits per heavy atom. The first-order valence-electron chi connectivity index (χ1n) is 11.9. The molecule has 0 spiro atoms. The van der Waals surface area contributed by atoms with Crippen LogP contribution < -0.4 is 14.8 Å². The van der Waals surface area contributed by atoms with Gasteiger partial charge in [-0.2, -0.15) is 0 Å². The van der Waals surface area contributed by atoms with E-state index in [2.05, 4.69) is 50.0 Å². The quantitative estimate of drug-likeness (QED) is 0.324. The fraction of sp³-hybridized carbons (Fsp3) is 0.462. The van der Waals surface area contributed by atoms with E-state index in [9.17, 15) is 4.39 Å². The van der Waals surface area contributed by atoms with Gasteiger partial charge in [0.05, 0.1) is 29.9 Å². The number of likely N-dealkylation sites (tertiary alicyclic amines) is 1. The predicted molar refractivity (Wildman–Crippen MR) is 140 cm³/mol. The summed E-state index contributed by atoms with van der Waals surface area (Å²) in [6.45, 7) is 7.63. The summed E-state index contributed by atoms with van der Waals surface area (Å²) in [5.74, 6) is 3.24. The smallest absolute Gasteiger partial charge is 0.166 e. The molecule has 1 aliphatic heterocycles. The average molecular weight is 564 g/mol. The van der Waals surface area contributed by atoms with Crippen LogP contribution in [0.3, 0.4) is 0 Å². The second-order valence-electron chi connectivity index (χ2n) is 9.81. The maximum absolute atomic E-state index is 14.6. The van der Waals surface area contributed by atoms with Crippen molar-refractivity contribution < 1.29 is 13.9 Å². The lowest BCUT2D eigenvalue weighted by molar-refractivity contribution is 0.209. The van der Waals surface area contributed by atoms with Gasteiger partial charge in [0, 0.05) is 35.1 Å². The van der Waals surface area contributed by atoms with Gasteiger partial charge < -0.3 is 19.7 Å². The molecule has 3 atom stereocenters. The van der Waals surface area contributed by atoms with E-state index in [-0.39, 0.29) is 10.7 Å². The molecule has 1 aliphatic carbocycles. The van der Waals surface area contributed by atoms with Crippen molar-refractivity contribution in [3.63, 3.8) is 0 Å². The van der Waals surface area contributed by atoms with Gasteiger partial charge in [-0.15, -0.1) is 0 Å². The molecule has 0 amide bonds. The Balaban J connectivity index is 1.32. The standard InChI is InChI=1S/C26H29BrClFN4O2/c1-14(2)33-10-16-6-15(7-17(16)11-33)12-35-23-9-21-18(8-22(23)34-3)26(31-13-30-21)32-20-5-4-19(27)24(28)25(20)29/h4-5,8-9,13-17H,6-7,10-12H2,1-3H3,(H,30,31,32)/t15?,16-,17+. The lowest BCUT2D eigenvalue weighted by atomic mass is 10.0. The molecule has 35 heavy (non-hydrogen) atoms. The number of hydrogen-bond acceptors (Lipinski definition) is 6. The molecular formula is C26H29BrClFN4O2. The molecule has 1 unspecified atom stereocenters. The lowest BCUT2D eigenvalue weighted by Crippen LogP contribution is -2.29. The SMILES string of the molecule is COc1cc2c(Nc3ccc(Br)c(Cl)c3F)ncnc2cc1OCC1C[C@@H]2CN(C(C)C)C[C@@H]2C1. The van der Waals surface area contributed by atoms with Crippen LogP contribution in [0.4, 0.5) is 15.9 Å². The minimum Gasteiger partial charge on any atom is -0.493 e. The summed E-state index contributed by atoms with van der Waals surface area (Å²) in [5.41, 5.74) is 0.901. The molecule has 0 radical (unpaired) electrons. The van der Waals surface area contributed by atoms with Crippen LogP contribution in [-0.2, 0) is 0 Å². The summed E-state index contributed by atoms with van der Waals surface area (Å²) in [5, 5.41) is 3.74. The number of aromatic nitrogens is 2. The molecule has 3 aromatic rings. The monoisotopic (exact) mass is 562 g/mol. The summed E-state index contributed by atoms with van der Waals surface area (Å²) >= 11 is 9.28. The number of fused-ring (bicyclic) bond motifs is 2. The first-order chi connectivity index (χ1) is 16.8. The molecule has 2 aliphatic rings. The molecule has 6 nitrogen and oxygen atoms in total. The zero-order valence-electron chi connectivity index (χ0n) is 20.0. The molecule has 1 N–H and O–H groups in total. The first-order valence-corrected chi connectivity index (χ1v) is 13.1. The summed E-state index contributed by atoms with van der Waals surface area (Å²) in [7, 11) is 1.61. The van der Waals surface area contributed by atoms with Gasteiger partial charge >= 0.3 is 0 Å². The van der Waals surface area contributed by atoms with E-state index in [4.69, 9.17) is 21.1 Å². The van der Waals surface area contributed by atoms with Crippen molar-refractivity contribution in [2.45, 2.75) is 32.7 Å². The van der Waals surface area contributed by atoms with Crippen molar-refractivity contribution in [3.8, 4) is 11.5 Å². The van der Waals surface area contributed by atoms with Crippen molar-refractivity contribution in [1.29, 1.82) is 0 Å². The van der Waals surface area contributed by atoms with Crippen LogP contribution in [0.1, 0.15) is 26.7 Å². The van der Waals surface area contributed by atoms with Gasteiger partial charge in [0.2, 0.25) is 0 Å². The number of ether oxygens (including phenoxy) is 2. The number of benzene rings is 2. The van der Waals surface area contributed by atoms with Gasteiger partial charge in [0.15, 0.2) is 17.3 Å². The second kappa shape index (κ2) is 10.1. The molecule has 2 fully saturated rings. The van der Waals surface area contributed by atoms with Crippen LogP contribution in [0, 0.1) is 23.6 Å². The van der Waals surface area contributed by atoms with Gasteiger partial charge in [-0.05, 0) is 78.6 Å². The van der Waals surface area contributed by atoms with E-state index in [1.54, 1.807) is 19.2 Å². The van der Waals surface area contributed by atoms with E-state index in [1.807, 2.05) is 12.1 Å².